The van der Waals surface area contributed by atoms with E-state index in [1.165, 1.54) is 12.8 Å². The molecule has 6 nitrogen and oxygen atoms in total. The van der Waals surface area contributed by atoms with Gasteiger partial charge in [-0.25, -0.2) is 4.79 Å². The van der Waals surface area contributed by atoms with Crippen molar-refractivity contribution in [2.75, 3.05) is 44.2 Å². The van der Waals surface area contributed by atoms with Gasteiger partial charge in [-0.05, 0) is 74.2 Å². The number of ether oxygens (including phenoxy) is 1. The van der Waals surface area contributed by atoms with Crippen molar-refractivity contribution in [1.29, 1.82) is 0 Å². The standard InChI is InChI=1S/C24H28ClN3O3/c1-2-28(21-9-7-20(25)8-10-21)23(29)19-5-11-22(12-6-19)31-24(30)27-15-13-26(14-16-27)17-18-3-4-18/h5-12,18H,2-4,13-17H2,1H3. The molecule has 164 valence electrons. The molecule has 0 aromatic heterocycles. The van der Waals surface area contributed by atoms with Crippen molar-refractivity contribution in [2.24, 2.45) is 5.92 Å². The molecule has 0 bridgehead atoms. The summed E-state index contributed by atoms with van der Waals surface area (Å²) in [5.41, 5.74) is 1.32. The highest BCUT2D eigenvalue weighted by atomic mass is 35.5. The van der Waals surface area contributed by atoms with E-state index in [9.17, 15) is 9.59 Å². The molecule has 4 rings (SSSR count). The first kappa shape index (κ1) is 21.7. The Labute approximate surface area is 188 Å². The van der Waals surface area contributed by atoms with Crippen LogP contribution in [0.3, 0.4) is 0 Å². The van der Waals surface area contributed by atoms with Crippen LogP contribution in [0.2, 0.25) is 5.02 Å². The number of benzene rings is 2. The molecule has 31 heavy (non-hydrogen) atoms. The highest BCUT2D eigenvalue weighted by molar-refractivity contribution is 6.30. The average Bonchev–Trinajstić information content (AvgIpc) is 3.60. The van der Waals surface area contributed by atoms with E-state index in [4.69, 9.17) is 16.3 Å². The van der Waals surface area contributed by atoms with Crippen LogP contribution < -0.4 is 9.64 Å². The van der Waals surface area contributed by atoms with E-state index in [-0.39, 0.29) is 12.0 Å². The fourth-order valence-corrected chi connectivity index (χ4v) is 3.96. The lowest BCUT2D eigenvalue weighted by atomic mass is 10.1. The first-order valence-corrected chi connectivity index (χ1v) is 11.3. The number of nitrogens with zero attached hydrogens (tertiary/aromatic N) is 3. The van der Waals surface area contributed by atoms with Gasteiger partial charge in [0.05, 0.1) is 0 Å². The van der Waals surface area contributed by atoms with E-state index in [0.29, 0.717) is 36.0 Å². The van der Waals surface area contributed by atoms with Crippen LogP contribution in [-0.4, -0.2) is 61.1 Å². The van der Waals surface area contributed by atoms with E-state index < -0.39 is 0 Å². The molecule has 0 spiro atoms. The van der Waals surface area contributed by atoms with E-state index >= 15 is 0 Å². The number of amides is 2. The Hall–Kier alpha value is -2.57. The monoisotopic (exact) mass is 441 g/mol. The number of halogens is 1. The van der Waals surface area contributed by atoms with Crippen LogP contribution in [0.1, 0.15) is 30.1 Å². The van der Waals surface area contributed by atoms with Gasteiger partial charge in [0, 0.05) is 55.5 Å². The quantitative estimate of drug-likeness (QED) is 0.660. The van der Waals surface area contributed by atoms with Crippen molar-refractivity contribution < 1.29 is 14.3 Å². The molecule has 2 aliphatic rings. The number of piperazine rings is 1. The second-order valence-corrected chi connectivity index (χ2v) is 8.59. The van der Waals surface area contributed by atoms with Crippen LogP contribution in [0.25, 0.3) is 0 Å². The fraction of sp³-hybridized carbons (Fsp3) is 0.417. The zero-order valence-corrected chi connectivity index (χ0v) is 18.6. The van der Waals surface area contributed by atoms with Gasteiger partial charge in [-0.3, -0.25) is 9.69 Å². The summed E-state index contributed by atoms with van der Waals surface area (Å²) in [6.07, 6.45) is 2.36. The molecule has 1 saturated carbocycles. The SMILES string of the molecule is CCN(C(=O)c1ccc(OC(=O)N2CCN(CC3CC3)CC2)cc1)c1ccc(Cl)cc1. The van der Waals surface area contributed by atoms with Crippen LogP contribution in [0.5, 0.6) is 5.75 Å². The van der Waals surface area contributed by atoms with Gasteiger partial charge in [0.2, 0.25) is 0 Å². The van der Waals surface area contributed by atoms with Gasteiger partial charge in [-0.1, -0.05) is 11.6 Å². The number of hydrogen-bond acceptors (Lipinski definition) is 4. The number of rotatable bonds is 6. The summed E-state index contributed by atoms with van der Waals surface area (Å²) in [5.74, 6) is 1.19. The maximum absolute atomic E-state index is 12.9. The molecule has 2 aromatic rings. The summed E-state index contributed by atoms with van der Waals surface area (Å²) in [5, 5.41) is 0.628. The largest absolute Gasteiger partial charge is 0.415 e. The van der Waals surface area contributed by atoms with Gasteiger partial charge in [0.1, 0.15) is 5.75 Å². The predicted octanol–water partition coefficient (Wildman–Crippen LogP) is 4.53. The van der Waals surface area contributed by atoms with Crippen molar-refractivity contribution >= 4 is 29.3 Å². The molecule has 2 fully saturated rings. The van der Waals surface area contributed by atoms with Gasteiger partial charge in [0.15, 0.2) is 0 Å². The van der Waals surface area contributed by atoms with Gasteiger partial charge < -0.3 is 14.5 Å². The third-order valence-corrected chi connectivity index (χ3v) is 6.10. The molecule has 1 aliphatic carbocycles. The molecule has 1 saturated heterocycles. The van der Waals surface area contributed by atoms with Crippen LogP contribution in [0.4, 0.5) is 10.5 Å². The summed E-state index contributed by atoms with van der Waals surface area (Å²) < 4.78 is 5.53. The van der Waals surface area contributed by atoms with Gasteiger partial charge in [-0.2, -0.15) is 0 Å². The second kappa shape index (κ2) is 9.71. The number of anilines is 1. The Morgan fingerprint density at radius 1 is 1.00 bits per heavy atom. The predicted molar refractivity (Wildman–Crippen MR) is 122 cm³/mol. The Morgan fingerprint density at radius 2 is 1.65 bits per heavy atom. The molecule has 0 unspecified atom stereocenters. The maximum Gasteiger partial charge on any atom is 0.415 e. The van der Waals surface area contributed by atoms with Crippen molar-refractivity contribution in [3.63, 3.8) is 0 Å². The van der Waals surface area contributed by atoms with E-state index in [1.807, 2.05) is 19.1 Å². The van der Waals surface area contributed by atoms with Crippen LogP contribution in [0, 0.1) is 5.92 Å². The summed E-state index contributed by atoms with van der Waals surface area (Å²) >= 11 is 5.95. The molecular formula is C24H28ClN3O3. The molecule has 2 aromatic carbocycles. The highest BCUT2D eigenvalue weighted by Gasteiger charge is 2.28. The minimum Gasteiger partial charge on any atom is -0.410 e. The summed E-state index contributed by atoms with van der Waals surface area (Å²) in [7, 11) is 0. The Bertz CT molecular complexity index is 905. The molecule has 1 heterocycles. The number of carbonyl (C=O) groups excluding carboxylic acids is 2. The van der Waals surface area contributed by atoms with E-state index in [1.54, 1.807) is 46.2 Å². The third-order valence-electron chi connectivity index (χ3n) is 5.85. The summed E-state index contributed by atoms with van der Waals surface area (Å²) in [6, 6.07) is 13.9. The van der Waals surface area contributed by atoms with Crippen molar-refractivity contribution in [2.45, 2.75) is 19.8 Å². The maximum atomic E-state index is 12.9. The Morgan fingerprint density at radius 3 is 2.23 bits per heavy atom. The van der Waals surface area contributed by atoms with Crippen molar-refractivity contribution in [3.05, 3.63) is 59.1 Å². The molecule has 2 amide bonds. The number of carbonyl (C=O) groups is 2. The minimum absolute atomic E-state index is 0.116. The van der Waals surface area contributed by atoms with E-state index in [2.05, 4.69) is 4.90 Å². The fourth-order valence-electron chi connectivity index (χ4n) is 3.83. The zero-order chi connectivity index (χ0) is 21.8. The van der Waals surface area contributed by atoms with Crippen LogP contribution in [-0.2, 0) is 0 Å². The van der Waals surface area contributed by atoms with Crippen LogP contribution in [0.15, 0.2) is 48.5 Å². The van der Waals surface area contributed by atoms with Gasteiger partial charge in [-0.15, -0.1) is 0 Å². The molecular weight excluding hydrogens is 414 g/mol. The molecule has 0 atom stereocenters. The summed E-state index contributed by atoms with van der Waals surface area (Å²) in [4.78, 5) is 31.3. The second-order valence-electron chi connectivity index (χ2n) is 8.15. The lowest BCUT2D eigenvalue weighted by molar-refractivity contribution is 0.0988. The highest BCUT2D eigenvalue weighted by Crippen LogP contribution is 2.30. The third kappa shape index (κ3) is 5.57. The Kier molecular flexibility index (Phi) is 6.78. The molecule has 7 heteroatoms. The average molecular weight is 442 g/mol. The zero-order valence-electron chi connectivity index (χ0n) is 17.8. The van der Waals surface area contributed by atoms with Crippen molar-refractivity contribution in [3.8, 4) is 5.75 Å². The lowest BCUT2D eigenvalue weighted by Gasteiger charge is -2.34. The van der Waals surface area contributed by atoms with Gasteiger partial charge in [0.25, 0.3) is 5.91 Å². The normalized spacial score (nSPS) is 16.8. The number of hydrogen-bond donors (Lipinski definition) is 0. The topological polar surface area (TPSA) is 53.1 Å². The minimum atomic E-state index is -0.332. The lowest BCUT2D eigenvalue weighted by Crippen LogP contribution is -2.49. The van der Waals surface area contributed by atoms with Crippen molar-refractivity contribution in [1.82, 2.24) is 9.80 Å². The van der Waals surface area contributed by atoms with E-state index in [0.717, 1.165) is 31.2 Å². The smallest absolute Gasteiger partial charge is 0.410 e. The molecule has 1 aliphatic heterocycles. The first-order valence-electron chi connectivity index (χ1n) is 10.9. The Balaban J connectivity index is 1.32. The molecule has 0 N–H and O–H groups in total. The summed E-state index contributed by atoms with van der Waals surface area (Å²) in [6.45, 7) is 6.79. The first-order chi connectivity index (χ1) is 15.0. The van der Waals surface area contributed by atoms with Crippen LogP contribution >= 0.6 is 11.6 Å². The van der Waals surface area contributed by atoms with Gasteiger partial charge >= 0.3 is 6.09 Å². The molecule has 0 radical (unpaired) electrons.